The van der Waals surface area contributed by atoms with Crippen LogP contribution in [0, 0.1) is 0 Å². The van der Waals surface area contributed by atoms with Crippen LogP contribution in [0.2, 0.25) is 5.02 Å². The van der Waals surface area contributed by atoms with E-state index in [0.29, 0.717) is 16.8 Å². The number of methoxy groups -OCH3 is 1. The molecule has 3 rings (SSSR count). The molecule has 0 radical (unpaired) electrons. The van der Waals surface area contributed by atoms with Crippen LogP contribution >= 0.6 is 34.8 Å². The highest BCUT2D eigenvalue weighted by atomic mass is 35.5. The van der Waals surface area contributed by atoms with E-state index in [1.54, 1.807) is 7.11 Å². The van der Waals surface area contributed by atoms with Gasteiger partial charge in [0, 0.05) is 47.2 Å². The van der Waals surface area contributed by atoms with Gasteiger partial charge >= 0.3 is 0 Å². The quantitative estimate of drug-likeness (QED) is 0.252. The van der Waals surface area contributed by atoms with Crippen LogP contribution in [0.4, 0.5) is 5.69 Å². The molecule has 0 atom stereocenters. The number of halogens is 3. The van der Waals surface area contributed by atoms with Gasteiger partial charge in [0.25, 0.3) is 0 Å². The van der Waals surface area contributed by atoms with Crippen LogP contribution < -0.4 is 10.1 Å². The molecule has 7 heteroatoms. The third kappa shape index (κ3) is 5.12. The number of benzene rings is 2. The lowest BCUT2D eigenvalue weighted by Crippen LogP contribution is -2.30. The van der Waals surface area contributed by atoms with E-state index in [4.69, 9.17) is 44.5 Å². The van der Waals surface area contributed by atoms with E-state index in [9.17, 15) is 0 Å². The number of hydrogen-bond donors (Lipinski definition) is 1. The van der Waals surface area contributed by atoms with Crippen LogP contribution in [0.1, 0.15) is 6.42 Å². The van der Waals surface area contributed by atoms with Crippen molar-refractivity contribution in [1.29, 1.82) is 0 Å². The number of hydrogen-bond acceptors (Lipinski definition) is 4. The summed E-state index contributed by atoms with van der Waals surface area (Å²) in [4.78, 5) is 7.05. The Labute approximate surface area is 180 Å². The van der Waals surface area contributed by atoms with Gasteiger partial charge in [0.15, 0.2) is 0 Å². The summed E-state index contributed by atoms with van der Waals surface area (Å²) >= 11 is 17.9. The molecule has 0 amide bonds. The zero-order valence-electron chi connectivity index (χ0n) is 15.9. The van der Waals surface area contributed by atoms with E-state index in [1.165, 1.54) is 0 Å². The van der Waals surface area contributed by atoms with Gasteiger partial charge < -0.3 is 15.0 Å². The first-order chi connectivity index (χ1) is 13.7. The van der Waals surface area contributed by atoms with Crippen molar-refractivity contribution in [2.24, 2.45) is 0 Å². The number of nitrogens with one attached hydrogen (secondary N) is 1. The number of rotatable bonds is 10. The molecule has 0 spiro atoms. The molecule has 150 valence electrons. The lowest BCUT2D eigenvalue weighted by molar-refractivity contribution is 0.306. The number of aromatic nitrogens is 1. The molecule has 1 heterocycles. The van der Waals surface area contributed by atoms with Gasteiger partial charge in [0.1, 0.15) is 5.75 Å². The first-order valence-electron chi connectivity index (χ1n) is 9.31. The second-order valence-electron chi connectivity index (χ2n) is 6.53. The summed E-state index contributed by atoms with van der Waals surface area (Å²) in [5, 5.41) is 6.37. The summed E-state index contributed by atoms with van der Waals surface area (Å²) in [7, 11) is 1.67. The third-order valence-electron chi connectivity index (χ3n) is 4.70. The number of alkyl halides is 2. The number of fused-ring (bicyclic) bond motifs is 2. The van der Waals surface area contributed by atoms with Crippen LogP contribution in [0.5, 0.6) is 5.75 Å². The Kier molecular flexibility index (Phi) is 7.86. The predicted molar refractivity (Wildman–Crippen MR) is 122 cm³/mol. The van der Waals surface area contributed by atoms with Crippen LogP contribution in [-0.2, 0) is 0 Å². The van der Waals surface area contributed by atoms with E-state index in [2.05, 4.69) is 10.2 Å². The highest BCUT2D eigenvalue weighted by Crippen LogP contribution is 2.34. The fraction of sp³-hybridized carbons (Fsp3) is 0.381. The second kappa shape index (κ2) is 10.4. The van der Waals surface area contributed by atoms with Crippen molar-refractivity contribution in [3.8, 4) is 5.75 Å². The van der Waals surface area contributed by atoms with E-state index in [1.807, 2.05) is 36.4 Å². The summed E-state index contributed by atoms with van der Waals surface area (Å²) in [5.74, 6) is 2.04. The van der Waals surface area contributed by atoms with Crippen molar-refractivity contribution in [3.63, 3.8) is 0 Å². The maximum Gasteiger partial charge on any atom is 0.119 e. The van der Waals surface area contributed by atoms with Gasteiger partial charge in [-0.3, -0.25) is 0 Å². The van der Waals surface area contributed by atoms with Crippen molar-refractivity contribution in [3.05, 3.63) is 41.4 Å². The maximum absolute atomic E-state index is 6.18. The van der Waals surface area contributed by atoms with Crippen LogP contribution in [0.3, 0.4) is 0 Å². The summed E-state index contributed by atoms with van der Waals surface area (Å²) in [6.45, 7) is 3.48. The average molecular weight is 441 g/mol. The summed E-state index contributed by atoms with van der Waals surface area (Å²) in [6, 6.07) is 11.7. The molecule has 4 nitrogen and oxygen atoms in total. The Hall–Kier alpha value is -1.46. The normalized spacial score (nSPS) is 11.5. The number of pyridine rings is 1. The van der Waals surface area contributed by atoms with Crippen molar-refractivity contribution in [2.45, 2.75) is 6.42 Å². The molecule has 0 bridgehead atoms. The molecule has 0 saturated heterocycles. The standard InChI is InChI=1S/C21H24Cl3N3O/c1-28-16-4-6-19-18(14-16)21(17-5-3-15(24)13-20(17)26-19)25-9-2-10-27(11-7-22)12-8-23/h3-6,13-14H,2,7-12H2,1H3,(H,25,26). The van der Waals surface area contributed by atoms with Crippen LogP contribution in [0.15, 0.2) is 36.4 Å². The molecule has 0 fully saturated rings. The Morgan fingerprint density at radius 2 is 1.75 bits per heavy atom. The monoisotopic (exact) mass is 439 g/mol. The molecule has 1 N–H and O–H groups in total. The Bertz CT molecular complexity index is 930. The molecular formula is C21H24Cl3N3O. The Morgan fingerprint density at radius 1 is 0.964 bits per heavy atom. The molecule has 28 heavy (non-hydrogen) atoms. The van der Waals surface area contributed by atoms with Gasteiger partial charge in [-0.15, -0.1) is 23.2 Å². The van der Waals surface area contributed by atoms with Crippen molar-refractivity contribution >= 4 is 62.3 Å². The fourth-order valence-electron chi connectivity index (χ4n) is 3.30. The van der Waals surface area contributed by atoms with E-state index in [0.717, 1.165) is 65.8 Å². The number of anilines is 1. The van der Waals surface area contributed by atoms with E-state index >= 15 is 0 Å². The molecule has 3 aromatic rings. The summed E-state index contributed by atoms with van der Waals surface area (Å²) in [5.41, 5.74) is 2.83. The van der Waals surface area contributed by atoms with Crippen molar-refractivity contribution in [1.82, 2.24) is 9.88 Å². The van der Waals surface area contributed by atoms with Crippen molar-refractivity contribution < 1.29 is 4.74 Å². The molecule has 0 aliphatic rings. The minimum absolute atomic E-state index is 0.616. The molecule has 0 unspecified atom stereocenters. The molecular weight excluding hydrogens is 417 g/mol. The highest BCUT2D eigenvalue weighted by Gasteiger charge is 2.11. The van der Waals surface area contributed by atoms with Crippen LogP contribution in [-0.4, -0.2) is 54.9 Å². The van der Waals surface area contributed by atoms with Gasteiger partial charge in [-0.05, 0) is 49.4 Å². The van der Waals surface area contributed by atoms with Gasteiger partial charge in [0.05, 0.1) is 23.8 Å². The molecule has 0 saturated carbocycles. The minimum Gasteiger partial charge on any atom is -0.497 e. The SMILES string of the molecule is COc1ccc2nc3cc(Cl)ccc3c(NCCCN(CCCl)CCCl)c2c1. The Morgan fingerprint density at radius 3 is 2.46 bits per heavy atom. The first kappa shape index (κ1) is 21.3. The molecule has 2 aromatic carbocycles. The van der Waals surface area contributed by atoms with Crippen molar-refractivity contribution in [2.75, 3.05) is 50.4 Å². The third-order valence-corrected chi connectivity index (χ3v) is 5.27. The molecule has 0 aliphatic carbocycles. The largest absolute Gasteiger partial charge is 0.497 e. The van der Waals surface area contributed by atoms with Gasteiger partial charge in [0.2, 0.25) is 0 Å². The zero-order chi connectivity index (χ0) is 19.9. The predicted octanol–water partition coefficient (Wildman–Crippen LogP) is 5.63. The maximum atomic E-state index is 6.18. The lowest BCUT2D eigenvalue weighted by atomic mass is 10.1. The Balaban J connectivity index is 1.86. The number of ether oxygens (including phenoxy) is 1. The summed E-state index contributed by atoms with van der Waals surface area (Å²) in [6.07, 6.45) is 0.983. The van der Waals surface area contributed by atoms with E-state index in [-0.39, 0.29) is 0 Å². The average Bonchev–Trinajstić information content (AvgIpc) is 2.70. The molecule has 0 aliphatic heterocycles. The summed E-state index contributed by atoms with van der Waals surface area (Å²) < 4.78 is 5.41. The van der Waals surface area contributed by atoms with E-state index < -0.39 is 0 Å². The fourth-order valence-corrected chi connectivity index (χ4v) is 3.95. The zero-order valence-corrected chi connectivity index (χ0v) is 18.1. The number of nitrogens with zero attached hydrogens (tertiary/aromatic N) is 2. The van der Waals surface area contributed by atoms with Gasteiger partial charge in [-0.2, -0.15) is 0 Å². The van der Waals surface area contributed by atoms with Gasteiger partial charge in [-0.1, -0.05) is 11.6 Å². The first-order valence-corrected chi connectivity index (χ1v) is 10.8. The lowest BCUT2D eigenvalue weighted by Gasteiger charge is -2.20. The van der Waals surface area contributed by atoms with Gasteiger partial charge in [-0.25, -0.2) is 4.98 Å². The molecule has 1 aromatic heterocycles. The minimum atomic E-state index is 0.616. The smallest absolute Gasteiger partial charge is 0.119 e. The second-order valence-corrected chi connectivity index (χ2v) is 7.72. The van der Waals surface area contributed by atoms with Crippen LogP contribution in [0.25, 0.3) is 21.8 Å². The highest BCUT2D eigenvalue weighted by molar-refractivity contribution is 6.31. The topological polar surface area (TPSA) is 37.4 Å².